The van der Waals surface area contributed by atoms with E-state index in [4.69, 9.17) is 13.9 Å². The first-order chi connectivity index (χ1) is 9.67. The van der Waals surface area contributed by atoms with Gasteiger partial charge in [0, 0.05) is 0 Å². The van der Waals surface area contributed by atoms with Crippen molar-refractivity contribution in [1.29, 1.82) is 0 Å². The van der Waals surface area contributed by atoms with Gasteiger partial charge in [-0.3, -0.25) is 0 Å². The molecule has 0 saturated heterocycles. The van der Waals surface area contributed by atoms with Crippen LogP contribution in [0, 0.1) is 0 Å². The highest BCUT2D eigenvalue weighted by Gasteiger charge is 2.19. The second-order valence-corrected chi connectivity index (χ2v) is 4.96. The lowest BCUT2D eigenvalue weighted by Gasteiger charge is -2.14. The molecule has 0 bridgehead atoms. The standard InChI is InChI=1S/C15H17BrO4/c1-3-18-12-6-5-10(9-13(12)19-4-2)14(17)15-11(16)7-8-20-15/h5-9,14,17H,3-4H2,1-2H3. The van der Waals surface area contributed by atoms with E-state index in [2.05, 4.69) is 15.9 Å². The Labute approximate surface area is 126 Å². The molecular weight excluding hydrogens is 324 g/mol. The lowest BCUT2D eigenvalue weighted by Crippen LogP contribution is -2.03. The molecule has 1 aromatic heterocycles. The Kier molecular flexibility index (Phi) is 5.09. The maximum absolute atomic E-state index is 10.4. The van der Waals surface area contributed by atoms with Gasteiger partial charge in [-0.15, -0.1) is 0 Å². The second-order valence-electron chi connectivity index (χ2n) is 4.11. The summed E-state index contributed by atoms with van der Waals surface area (Å²) in [7, 11) is 0. The van der Waals surface area contributed by atoms with Gasteiger partial charge in [0.05, 0.1) is 23.9 Å². The quantitative estimate of drug-likeness (QED) is 0.865. The average molecular weight is 341 g/mol. The van der Waals surface area contributed by atoms with Gasteiger partial charge in [0.25, 0.3) is 0 Å². The largest absolute Gasteiger partial charge is 0.490 e. The zero-order valence-electron chi connectivity index (χ0n) is 11.4. The van der Waals surface area contributed by atoms with Crippen molar-refractivity contribution in [1.82, 2.24) is 0 Å². The minimum Gasteiger partial charge on any atom is -0.490 e. The van der Waals surface area contributed by atoms with Crippen molar-refractivity contribution in [2.24, 2.45) is 0 Å². The summed E-state index contributed by atoms with van der Waals surface area (Å²) >= 11 is 3.34. The van der Waals surface area contributed by atoms with Crippen LogP contribution in [0.25, 0.3) is 0 Å². The molecule has 0 radical (unpaired) electrons. The van der Waals surface area contributed by atoms with Gasteiger partial charge >= 0.3 is 0 Å². The summed E-state index contributed by atoms with van der Waals surface area (Å²) in [6, 6.07) is 7.11. The van der Waals surface area contributed by atoms with E-state index in [0.29, 0.717) is 36.0 Å². The van der Waals surface area contributed by atoms with E-state index in [9.17, 15) is 5.11 Å². The Morgan fingerprint density at radius 3 is 2.45 bits per heavy atom. The predicted octanol–water partition coefficient (Wildman–Crippen LogP) is 3.92. The van der Waals surface area contributed by atoms with Gasteiger partial charge in [-0.1, -0.05) is 6.07 Å². The zero-order valence-corrected chi connectivity index (χ0v) is 13.0. The Morgan fingerprint density at radius 1 is 1.15 bits per heavy atom. The molecule has 1 N–H and O–H groups in total. The fraction of sp³-hybridized carbons (Fsp3) is 0.333. The van der Waals surface area contributed by atoms with Gasteiger partial charge < -0.3 is 19.0 Å². The normalized spacial score (nSPS) is 12.2. The maximum Gasteiger partial charge on any atom is 0.161 e. The van der Waals surface area contributed by atoms with Crippen LogP contribution in [0.1, 0.15) is 31.3 Å². The van der Waals surface area contributed by atoms with Crippen molar-refractivity contribution in [3.63, 3.8) is 0 Å². The van der Waals surface area contributed by atoms with E-state index in [0.717, 1.165) is 4.47 Å². The summed E-state index contributed by atoms with van der Waals surface area (Å²) in [6.07, 6.45) is 0.676. The Hall–Kier alpha value is -1.46. The van der Waals surface area contributed by atoms with Crippen molar-refractivity contribution < 1.29 is 19.0 Å². The molecule has 2 rings (SSSR count). The van der Waals surface area contributed by atoms with Gasteiger partial charge in [-0.2, -0.15) is 0 Å². The van der Waals surface area contributed by atoms with Crippen LogP contribution in [0.2, 0.25) is 0 Å². The summed E-state index contributed by atoms with van der Waals surface area (Å²) in [5, 5.41) is 10.4. The first kappa shape index (κ1) is 14.9. The molecular formula is C15H17BrO4. The minimum absolute atomic E-state index is 0.469. The molecule has 0 fully saturated rings. The third-order valence-corrected chi connectivity index (χ3v) is 3.43. The SMILES string of the molecule is CCOc1ccc(C(O)c2occc2Br)cc1OCC. The number of rotatable bonds is 6. The molecule has 0 saturated carbocycles. The van der Waals surface area contributed by atoms with Crippen LogP contribution in [0.15, 0.2) is 39.4 Å². The van der Waals surface area contributed by atoms with Crippen LogP contribution in [0.3, 0.4) is 0 Å². The van der Waals surface area contributed by atoms with E-state index in [1.165, 1.54) is 6.26 Å². The van der Waals surface area contributed by atoms with E-state index in [1.807, 2.05) is 13.8 Å². The van der Waals surface area contributed by atoms with Gasteiger partial charge in [-0.05, 0) is 53.5 Å². The molecule has 1 atom stereocenters. The van der Waals surface area contributed by atoms with Crippen molar-refractivity contribution in [3.8, 4) is 11.5 Å². The Bertz CT molecular complexity index is 565. The van der Waals surface area contributed by atoms with Crippen molar-refractivity contribution in [3.05, 3.63) is 46.3 Å². The molecule has 0 spiro atoms. The van der Waals surface area contributed by atoms with Crippen molar-refractivity contribution in [2.45, 2.75) is 20.0 Å². The number of aliphatic hydroxyl groups is 1. The molecule has 5 heteroatoms. The molecule has 0 aliphatic carbocycles. The third kappa shape index (κ3) is 3.16. The lowest BCUT2D eigenvalue weighted by molar-refractivity contribution is 0.187. The molecule has 108 valence electrons. The Balaban J connectivity index is 2.32. The summed E-state index contributed by atoms with van der Waals surface area (Å²) in [6.45, 7) is 4.91. The molecule has 20 heavy (non-hydrogen) atoms. The number of halogens is 1. The molecule has 0 aliphatic rings. The van der Waals surface area contributed by atoms with Gasteiger partial charge in [0.1, 0.15) is 6.10 Å². The van der Waals surface area contributed by atoms with E-state index in [-0.39, 0.29) is 0 Å². The number of furan rings is 1. The summed E-state index contributed by atoms with van der Waals surface area (Å²) < 4.78 is 17.1. The van der Waals surface area contributed by atoms with Gasteiger partial charge in [0.2, 0.25) is 0 Å². The number of aliphatic hydroxyl groups excluding tert-OH is 1. The summed E-state index contributed by atoms with van der Waals surface area (Å²) in [5.41, 5.74) is 0.688. The highest BCUT2D eigenvalue weighted by atomic mass is 79.9. The zero-order chi connectivity index (χ0) is 14.5. The van der Waals surface area contributed by atoms with Crippen LogP contribution < -0.4 is 9.47 Å². The Morgan fingerprint density at radius 2 is 1.85 bits per heavy atom. The predicted molar refractivity (Wildman–Crippen MR) is 79.2 cm³/mol. The lowest BCUT2D eigenvalue weighted by atomic mass is 10.1. The smallest absolute Gasteiger partial charge is 0.161 e. The number of hydrogen-bond acceptors (Lipinski definition) is 4. The average Bonchev–Trinajstić information content (AvgIpc) is 2.86. The molecule has 1 aromatic carbocycles. The number of hydrogen-bond donors (Lipinski definition) is 1. The van der Waals surface area contributed by atoms with E-state index < -0.39 is 6.10 Å². The summed E-state index contributed by atoms with van der Waals surface area (Å²) in [4.78, 5) is 0. The van der Waals surface area contributed by atoms with Crippen LogP contribution in [0.4, 0.5) is 0 Å². The highest BCUT2D eigenvalue weighted by molar-refractivity contribution is 9.10. The molecule has 0 amide bonds. The minimum atomic E-state index is -0.853. The maximum atomic E-state index is 10.4. The first-order valence-electron chi connectivity index (χ1n) is 6.47. The van der Waals surface area contributed by atoms with E-state index in [1.54, 1.807) is 24.3 Å². The first-order valence-corrected chi connectivity index (χ1v) is 7.27. The monoisotopic (exact) mass is 340 g/mol. The van der Waals surface area contributed by atoms with Gasteiger partial charge in [-0.25, -0.2) is 0 Å². The van der Waals surface area contributed by atoms with Crippen LogP contribution in [0.5, 0.6) is 11.5 Å². The van der Waals surface area contributed by atoms with Crippen LogP contribution in [-0.2, 0) is 0 Å². The van der Waals surface area contributed by atoms with Crippen LogP contribution in [-0.4, -0.2) is 18.3 Å². The number of benzene rings is 1. The molecule has 4 nitrogen and oxygen atoms in total. The molecule has 2 aromatic rings. The fourth-order valence-corrected chi connectivity index (χ4v) is 2.31. The topological polar surface area (TPSA) is 51.8 Å². The van der Waals surface area contributed by atoms with Gasteiger partial charge in [0.15, 0.2) is 17.3 Å². The molecule has 1 heterocycles. The molecule has 0 aliphatic heterocycles. The molecule has 1 unspecified atom stereocenters. The number of ether oxygens (including phenoxy) is 2. The van der Waals surface area contributed by atoms with Crippen molar-refractivity contribution in [2.75, 3.05) is 13.2 Å². The summed E-state index contributed by atoms with van der Waals surface area (Å²) in [5.74, 6) is 1.76. The van der Waals surface area contributed by atoms with E-state index >= 15 is 0 Å². The third-order valence-electron chi connectivity index (χ3n) is 2.78. The highest BCUT2D eigenvalue weighted by Crippen LogP contribution is 2.35. The second kappa shape index (κ2) is 6.81. The van der Waals surface area contributed by atoms with Crippen molar-refractivity contribution >= 4 is 15.9 Å². The fourth-order valence-electron chi connectivity index (χ4n) is 1.89. The van der Waals surface area contributed by atoms with Crippen LogP contribution >= 0.6 is 15.9 Å².